The molecule has 2 saturated heterocycles. The maximum atomic E-state index is 13.9. The van der Waals surface area contributed by atoms with Crippen molar-refractivity contribution in [3.05, 3.63) is 132 Å². The molecule has 768 valence electrons. The monoisotopic (exact) mass is 1960 g/mol. The van der Waals surface area contributed by atoms with Gasteiger partial charge >= 0.3 is 23.9 Å². The third-order valence-electron chi connectivity index (χ3n) is 23.1. The van der Waals surface area contributed by atoms with Crippen LogP contribution in [0, 0.1) is 47.3 Å². The number of ether oxygens (including phenoxy) is 2. The molecule has 2 aromatic carbocycles. The molecule has 0 saturated carbocycles. The summed E-state index contributed by atoms with van der Waals surface area (Å²) in [6.45, 7) is 30.4. The van der Waals surface area contributed by atoms with Crippen LogP contribution in [-0.4, -0.2) is 287 Å². The summed E-state index contributed by atoms with van der Waals surface area (Å²) in [6.07, 6.45) is 9.65. The minimum absolute atomic E-state index is 0.0331. The number of likely N-dealkylation sites (N-methyl/N-ethyl adjacent to an activating group) is 2. The van der Waals surface area contributed by atoms with Gasteiger partial charge in [-0.05, 0) is 103 Å². The summed E-state index contributed by atoms with van der Waals surface area (Å²) in [6, 6.07) is 1.58. The van der Waals surface area contributed by atoms with Crippen molar-refractivity contribution in [2.24, 2.45) is 64.5 Å². The number of hydrogen-bond acceptors (Lipinski definition) is 24. The number of carboxylic acid groups (broad SMARTS) is 4. The quantitative estimate of drug-likeness (QED) is 0.0343. The molecule has 2 heterocycles. The fraction of sp³-hybridized carbons (Fsp3) is 0.583. The fourth-order valence-electron chi connectivity index (χ4n) is 14.2. The summed E-state index contributed by atoms with van der Waals surface area (Å²) in [5.74, 6) is -23.0. The minimum Gasteiger partial charge on any atom is -0.480 e. The molecule has 2 aliphatic heterocycles. The topological polar surface area (TPSA) is 636 Å². The van der Waals surface area contributed by atoms with Crippen molar-refractivity contribution >= 4 is 118 Å². The molecule has 0 radical (unpaired) electrons. The second-order valence-corrected chi connectivity index (χ2v) is 36.7. The molecule has 0 bridgehead atoms. The second kappa shape index (κ2) is 61.9. The zero-order valence-electron chi connectivity index (χ0n) is 82.9. The number of benzene rings is 2. The van der Waals surface area contributed by atoms with E-state index in [9.17, 15) is 107 Å². The number of thioether (sulfide) groups is 1. The van der Waals surface area contributed by atoms with E-state index >= 15 is 0 Å². The van der Waals surface area contributed by atoms with Crippen LogP contribution in [0.5, 0.6) is 0 Å². The van der Waals surface area contributed by atoms with Crippen LogP contribution in [-0.2, 0) is 109 Å². The summed E-state index contributed by atoms with van der Waals surface area (Å²) < 4.78 is 11.6. The van der Waals surface area contributed by atoms with Crippen LogP contribution in [0.4, 0.5) is 0 Å². The number of carboxylic acids is 4. The number of amides is 14. The summed E-state index contributed by atoms with van der Waals surface area (Å²) in [4.78, 5) is 242. The summed E-state index contributed by atoms with van der Waals surface area (Å²) in [5.41, 5.74) is 18.7. The number of hydrogen-bond donors (Lipinski definition) is 19. The van der Waals surface area contributed by atoms with E-state index in [4.69, 9.17) is 26.7 Å². The summed E-state index contributed by atoms with van der Waals surface area (Å²) >= 11 is 1.26. The average molecular weight is 1960 g/mol. The molecule has 4 rings (SSSR count). The predicted octanol–water partition coefficient (Wildman–Crippen LogP) is 1.62. The number of nitrogens with two attached hydrogens (primary N) is 3. The molecule has 14 amide bonds. The average Bonchev–Trinajstić information content (AvgIpc) is 1.57. The molecule has 41 nitrogen and oxygen atoms in total. The second-order valence-electron chi connectivity index (χ2n) is 35.6. The van der Waals surface area contributed by atoms with Gasteiger partial charge in [-0.2, -0.15) is 11.8 Å². The van der Waals surface area contributed by atoms with Gasteiger partial charge in [0.2, 0.25) is 76.8 Å². The highest BCUT2D eigenvalue weighted by Gasteiger charge is 2.41. The van der Waals surface area contributed by atoms with E-state index in [1.807, 2.05) is 101 Å². The van der Waals surface area contributed by atoms with E-state index in [-0.39, 0.29) is 67.4 Å². The lowest BCUT2D eigenvalue weighted by Gasteiger charge is -2.29. The van der Waals surface area contributed by atoms with Gasteiger partial charge in [-0.3, -0.25) is 67.1 Å². The lowest BCUT2D eigenvalue weighted by molar-refractivity contribution is -0.146. The highest BCUT2D eigenvalue weighted by molar-refractivity contribution is 7.99. The Hall–Kier alpha value is -12.2. The Morgan fingerprint density at radius 3 is 1.12 bits per heavy atom. The molecule has 22 N–H and O–H groups in total. The number of rotatable bonds is 27. The smallest absolute Gasteiger partial charge is 0.327 e. The van der Waals surface area contributed by atoms with Gasteiger partial charge in [0.1, 0.15) is 72.2 Å². The Kier molecular flexibility index (Phi) is 54.6. The molecule has 21 atom stereocenters. The highest BCUT2D eigenvalue weighted by Crippen LogP contribution is 2.23. The van der Waals surface area contributed by atoms with Crippen molar-refractivity contribution in [2.75, 3.05) is 59.5 Å². The Balaban J connectivity index is 0.000000899. The van der Waals surface area contributed by atoms with Crippen molar-refractivity contribution in [2.45, 2.75) is 253 Å². The lowest BCUT2D eigenvalue weighted by atomic mass is 9.94. The Morgan fingerprint density at radius 2 is 0.783 bits per heavy atom. The first-order valence-corrected chi connectivity index (χ1v) is 47.2. The van der Waals surface area contributed by atoms with E-state index in [1.54, 1.807) is 60.1 Å². The van der Waals surface area contributed by atoms with Gasteiger partial charge in [-0.25, -0.2) is 19.2 Å². The van der Waals surface area contributed by atoms with Crippen LogP contribution in [0.1, 0.15) is 160 Å². The number of nitrogens with zero attached hydrogens (tertiary/aromatic N) is 2. The van der Waals surface area contributed by atoms with Crippen LogP contribution in [0.3, 0.4) is 0 Å². The maximum absolute atomic E-state index is 13.9. The highest BCUT2D eigenvalue weighted by atomic mass is 32.2. The first-order valence-electron chi connectivity index (χ1n) is 46.0. The maximum Gasteiger partial charge on any atom is 0.327 e. The third-order valence-corrected chi connectivity index (χ3v) is 24.2. The van der Waals surface area contributed by atoms with Gasteiger partial charge in [0, 0.05) is 84.1 Å². The SMILES string of the molecule is C=C1C(=O)N[C@H](C)C(=O)N[C@@H](CC(C)C)C(=O)N[C@@H](C(=O)O)[C@H](C)C(=O)N[C@@H](C)C(=O)NC(/C=C/C(C)=C/[C@H](C)[C@H](Cc2ccccc2)OC)[C@H](C)C(=O)N[C@@H](C(=O)O)CCC(=O)N1C.CO[C@@H](Cc1ccccc1)[C@@H](C)/C=C(C)/C=C/C1NC(=O)[C@H](C)NC(=O)[C@@H](C)[C@H](C(=O)O)NC(=O)[C@H](CC(C)C)NC(=O)[C@@H](C)NC(=O)C(CSCCN)N(C)C(=O)CC[C@H](C(=O)O)NC(=O)[C@H]1C.NCCN. The Morgan fingerprint density at radius 1 is 0.442 bits per heavy atom. The van der Waals surface area contributed by atoms with E-state index in [1.165, 1.54) is 87.3 Å². The van der Waals surface area contributed by atoms with Crippen LogP contribution in [0.2, 0.25) is 0 Å². The number of allylic oxidation sites excluding steroid dienone is 4. The van der Waals surface area contributed by atoms with Gasteiger partial charge < -0.3 is 121 Å². The minimum atomic E-state index is -1.82. The van der Waals surface area contributed by atoms with E-state index in [2.05, 4.69) is 70.4 Å². The van der Waals surface area contributed by atoms with Crippen LogP contribution in [0.15, 0.2) is 121 Å². The normalized spacial score (nSPS) is 26.2. The standard InChI is InChI=1S/C48H74N8O12S.C46H67N7O12.C2H8N2/c1-26(2)22-36-45(62)55-40(48(66)67)30(6)42(59)50-31(7)43(60)52-34(17-16-27(3)23-28(4)38(68-10)24-33-14-12-11-13-15-33)29(5)41(58)53-35(47(64)65)18-19-39(57)56(9)37(25-69-21-20-49)46(63)51-32(8)44(61)54-36;1-24(2)21-35-44(60)52-38(46(63)64)28(6)40(56)47-29(7)41(57)49-33(18-17-25(3)22-26(4)36(65-11)23-32-15-13-12-14-16-32)27(5)39(55)50-34(45(61)62)19-20-37(54)53(10)31(9)43(59)48-30(8)42(58)51-35;3-1-2-4/h11-17,23,26,28-32,34-38,40H,18-22,24-25,49H2,1-10H3,(H,50,59)(H,51,63)(H,52,60)(H,53,58)(H,54,61)(H,55,62)(H,64,65)(H,66,67);12-18,22,24,26-30,33-36,38H,9,19-21,23H2,1-8,10-11H3,(H,47,56)(H,48,59)(H,49,57)(H,50,55)(H,51,58)(H,52,60)(H,61,62)(H,63,64);1-4H2/b17-16+,27-23+;18-17+,25-22+;/t28-,29-,30-,31-,32+,34?,35+,36-,37?,38-,40+;26-,27-,28-,29-,30+,33?,34+,35-,36-,38+;/m00./s1. The third kappa shape index (κ3) is 42.4. The largest absolute Gasteiger partial charge is 0.480 e. The van der Waals surface area contributed by atoms with Crippen molar-refractivity contribution in [1.29, 1.82) is 0 Å². The molecular weight excluding hydrogens is 1810 g/mol. The molecular formula is C96H149N17O24S. The molecule has 2 fully saturated rings. The van der Waals surface area contributed by atoms with Gasteiger partial charge in [0.25, 0.3) is 5.91 Å². The molecule has 2 aromatic rings. The molecule has 2 aliphatic rings. The van der Waals surface area contributed by atoms with Crippen LogP contribution >= 0.6 is 11.8 Å². The molecule has 3 unspecified atom stereocenters. The summed E-state index contributed by atoms with van der Waals surface area (Å²) in [5, 5.41) is 70.5. The zero-order chi connectivity index (χ0) is 105. The predicted molar refractivity (Wildman–Crippen MR) is 519 cm³/mol. The zero-order valence-corrected chi connectivity index (χ0v) is 83.7. The van der Waals surface area contributed by atoms with Gasteiger partial charge in [-0.15, -0.1) is 0 Å². The van der Waals surface area contributed by atoms with Gasteiger partial charge in [-0.1, -0.05) is 184 Å². The van der Waals surface area contributed by atoms with Crippen molar-refractivity contribution < 1.29 is 116 Å². The Labute approximate surface area is 812 Å². The number of carbonyl (C=O) groups excluding carboxylic acids is 14. The van der Waals surface area contributed by atoms with E-state index < -0.39 is 234 Å². The molecule has 0 spiro atoms. The van der Waals surface area contributed by atoms with E-state index in [0.717, 1.165) is 32.1 Å². The van der Waals surface area contributed by atoms with E-state index in [0.29, 0.717) is 31.7 Å². The number of nitrogens with one attached hydrogen (secondary N) is 12. The number of aliphatic carboxylic acids is 4. The van der Waals surface area contributed by atoms with Crippen LogP contribution in [0.25, 0.3) is 0 Å². The first kappa shape index (κ1) is 122. The summed E-state index contributed by atoms with van der Waals surface area (Å²) in [7, 11) is 5.81. The van der Waals surface area contributed by atoms with Gasteiger partial charge in [0.05, 0.1) is 48.0 Å². The van der Waals surface area contributed by atoms with Crippen LogP contribution < -0.4 is 81.0 Å². The van der Waals surface area contributed by atoms with Crippen molar-refractivity contribution in [3.63, 3.8) is 0 Å². The molecule has 0 aromatic heterocycles. The van der Waals surface area contributed by atoms with Crippen molar-refractivity contribution in [3.8, 4) is 0 Å². The van der Waals surface area contributed by atoms with Crippen molar-refractivity contribution in [1.82, 2.24) is 73.6 Å². The number of carbonyl (C=O) groups is 18. The fourth-order valence-corrected chi connectivity index (χ4v) is 15.1. The molecule has 138 heavy (non-hydrogen) atoms. The lowest BCUT2D eigenvalue weighted by Crippen LogP contribution is -2.59. The number of methoxy groups -OCH3 is 2. The van der Waals surface area contributed by atoms with Gasteiger partial charge in [0.15, 0.2) is 0 Å². The molecule has 42 heteroatoms. The first-order chi connectivity index (χ1) is 64.7. The Bertz CT molecular complexity index is 4570. The molecule has 0 aliphatic carbocycles.